The van der Waals surface area contributed by atoms with Crippen LogP contribution in [0.25, 0.3) is 5.57 Å². The van der Waals surface area contributed by atoms with E-state index in [9.17, 15) is 14.4 Å². The van der Waals surface area contributed by atoms with Crippen LogP contribution in [0.4, 0.5) is 5.69 Å². The van der Waals surface area contributed by atoms with Gasteiger partial charge in [-0.15, -0.1) is 0 Å². The highest BCUT2D eigenvalue weighted by Crippen LogP contribution is 2.47. The molecule has 0 radical (unpaired) electrons. The van der Waals surface area contributed by atoms with Crippen molar-refractivity contribution in [3.63, 3.8) is 0 Å². The van der Waals surface area contributed by atoms with Gasteiger partial charge in [-0.3, -0.25) is 24.2 Å². The summed E-state index contributed by atoms with van der Waals surface area (Å²) in [6.07, 6.45) is 2.08. The first-order chi connectivity index (χ1) is 15.8. The number of amides is 2. The van der Waals surface area contributed by atoms with Crippen molar-refractivity contribution < 1.29 is 19.1 Å². The molecule has 0 saturated carbocycles. The fourth-order valence-corrected chi connectivity index (χ4v) is 5.07. The number of nitrogens with zero attached hydrogens (tertiary/aromatic N) is 3. The molecule has 0 atom stereocenters. The van der Waals surface area contributed by atoms with Crippen molar-refractivity contribution in [2.45, 2.75) is 19.4 Å². The smallest absolute Gasteiger partial charge is 0.300 e. The molecule has 5 rings (SSSR count). The van der Waals surface area contributed by atoms with E-state index in [0.717, 1.165) is 24.2 Å². The summed E-state index contributed by atoms with van der Waals surface area (Å²) in [6.45, 7) is 7.40. The number of Topliss-reactive ketones (excluding diaryl/α,β-unsaturated/α-hetero) is 1. The third-order valence-corrected chi connectivity index (χ3v) is 6.71. The predicted octanol–water partition coefficient (Wildman–Crippen LogP) is 2.86. The largest absolute Gasteiger partial charge is 0.497 e. The van der Waals surface area contributed by atoms with Crippen LogP contribution >= 0.6 is 0 Å². The molecule has 0 unspecified atom stereocenters. The highest BCUT2D eigenvalue weighted by Gasteiger charge is 2.47. The second kappa shape index (κ2) is 7.85. The van der Waals surface area contributed by atoms with E-state index >= 15 is 0 Å². The summed E-state index contributed by atoms with van der Waals surface area (Å²) < 4.78 is 5.43. The van der Waals surface area contributed by atoms with Crippen LogP contribution in [0.1, 0.15) is 40.1 Å². The Hall–Kier alpha value is -3.45. The number of ketones is 1. The van der Waals surface area contributed by atoms with Crippen LogP contribution in [0.2, 0.25) is 0 Å². The standard InChI is InChI=1S/C26H27N3O4/c1-26(2)15-18(20-13-19(33-3)14-21-22(20)29(26)25(32)23(21)30)16-27-9-11-28(12-10-27)24(31)17-7-5-4-6-8-17/h4-8,13-15H,9-12,16H2,1-3H3. The summed E-state index contributed by atoms with van der Waals surface area (Å²) in [5, 5.41) is 0. The van der Waals surface area contributed by atoms with Crippen molar-refractivity contribution in [2.75, 3.05) is 44.7 Å². The topological polar surface area (TPSA) is 70.2 Å². The Bertz CT molecular complexity index is 1180. The van der Waals surface area contributed by atoms with Gasteiger partial charge in [0, 0.05) is 43.9 Å². The van der Waals surface area contributed by atoms with Crippen molar-refractivity contribution in [3.05, 3.63) is 65.2 Å². The van der Waals surface area contributed by atoms with Crippen LogP contribution in [0.3, 0.4) is 0 Å². The van der Waals surface area contributed by atoms with Gasteiger partial charge >= 0.3 is 0 Å². The van der Waals surface area contributed by atoms with Gasteiger partial charge in [0.05, 0.1) is 23.9 Å². The Morgan fingerprint density at radius 1 is 1.00 bits per heavy atom. The molecule has 3 aliphatic heterocycles. The maximum Gasteiger partial charge on any atom is 0.300 e. The molecule has 0 aliphatic carbocycles. The lowest BCUT2D eigenvalue weighted by Gasteiger charge is -2.41. The molecule has 1 saturated heterocycles. The number of carbonyl (C=O) groups excluding carboxylic acids is 3. The fraction of sp³-hybridized carbons (Fsp3) is 0.346. The third-order valence-electron chi connectivity index (χ3n) is 6.71. The monoisotopic (exact) mass is 445 g/mol. The van der Waals surface area contributed by atoms with Crippen molar-refractivity contribution in [3.8, 4) is 5.75 Å². The van der Waals surface area contributed by atoms with Crippen LogP contribution in [0.15, 0.2) is 48.5 Å². The molecule has 33 heavy (non-hydrogen) atoms. The van der Waals surface area contributed by atoms with E-state index in [4.69, 9.17) is 4.74 Å². The number of anilines is 1. The number of methoxy groups -OCH3 is 1. The summed E-state index contributed by atoms with van der Waals surface area (Å²) in [5.74, 6) is -0.351. The maximum absolute atomic E-state index is 12.8. The lowest BCUT2D eigenvalue weighted by Crippen LogP contribution is -2.50. The second-order valence-corrected chi connectivity index (χ2v) is 9.30. The Kier molecular flexibility index (Phi) is 5.09. The van der Waals surface area contributed by atoms with Crippen LogP contribution in [-0.2, 0) is 4.79 Å². The number of piperazine rings is 1. The molecule has 2 aromatic rings. The summed E-state index contributed by atoms with van der Waals surface area (Å²) in [7, 11) is 1.56. The van der Waals surface area contributed by atoms with E-state index in [-0.39, 0.29) is 5.91 Å². The van der Waals surface area contributed by atoms with Gasteiger partial charge in [-0.2, -0.15) is 0 Å². The van der Waals surface area contributed by atoms with Crippen LogP contribution in [0.5, 0.6) is 5.75 Å². The molecule has 2 amide bonds. The number of hydrogen-bond donors (Lipinski definition) is 0. The quantitative estimate of drug-likeness (QED) is 0.677. The first-order valence-electron chi connectivity index (χ1n) is 11.2. The van der Waals surface area contributed by atoms with Gasteiger partial charge in [0.1, 0.15) is 5.75 Å². The van der Waals surface area contributed by atoms with Crippen molar-refractivity contribution in [2.24, 2.45) is 0 Å². The maximum atomic E-state index is 12.8. The minimum atomic E-state index is -0.611. The normalized spacial score (nSPS) is 19.4. The Morgan fingerprint density at radius 2 is 1.67 bits per heavy atom. The molecule has 0 spiro atoms. The van der Waals surface area contributed by atoms with E-state index in [0.29, 0.717) is 42.2 Å². The van der Waals surface area contributed by atoms with Gasteiger partial charge in [0.15, 0.2) is 0 Å². The molecule has 3 aliphatic rings. The first-order valence-corrected chi connectivity index (χ1v) is 11.2. The number of benzene rings is 2. The van der Waals surface area contributed by atoms with Crippen molar-refractivity contribution >= 4 is 28.9 Å². The molecular weight excluding hydrogens is 418 g/mol. The average molecular weight is 446 g/mol. The summed E-state index contributed by atoms with van der Waals surface area (Å²) in [5.41, 5.74) is 3.13. The van der Waals surface area contributed by atoms with Gasteiger partial charge in [-0.1, -0.05) is 24.3 Å². The summed E-state index contributed by atoms with van der Waals surface area (Å²) in [6, 6.07) is 12.9. The molecule has 0 aromatic heterocycles. The molecule has 170 valence electrons. The van der Waals surface area contributed by atoms with E-state index in [2.05, 4.69) is 11.0 Å². The van der Waals surface area contributed by atoms with E-state index in [1.165, 1.54) is 0 Å². The molecule has 0 bridgehead atoms. The fourth-order valence-electron chi connectivity index (χ4n) is 5.07. The van der Waals surface area contributed by atoms with Crippen molar-refractivity contribution in [1.82, 2.24) is 9.80 Å². The van der Waals surface area contributed by atoms with Crippen LogP contribution in [-0.4, -0.2) is 72.8 Å². The molecule has 3 heterocycles. The molecule has 7 heteroatoms. The second-order valence-electron chi connectivity index (χ2n) is 9.30. The van der Waals surface area contributed by atoms with Crippen LogP contribution in [0, 0.1) is 0 Å². The Balaban J connectivity index is 1.38. The predicted molar refractivity (Wildman–Crippen MR) is 126 cm³/mol. The molecule has 2 aromatic carbocycles. The van der Waals surface area contributed by atoms with E-state index in [1.54, 1.807) is 18.1 Å². The highest BCUT2D eigenvalue weighted by molar-refractivity contribution is 6.53. The van der Waals surface area contributed by atoms with Gasteiger partial charge in [-0.25, -0.2) is 0 Å². The summed E-state index contributed by atoms with van der Waals surface area (Å²) >= 11 is 0. The molecule has 1 fully saturated rings. The number of carbonyl (C=O) groups is 3. The minimum Gasteiger partial charge on any atom is -0.497 e. The zero-order valence-corrected chi connectivity index (χ0v) is 19.1. The minimum absolute atomic E-state index is 0.0616. The number of rotatable bonds is 4. The number of hydrogen-bond acceptors (Lipinski definition) is 5. The van der Waals surface area contributed by atoms with Gasteiger partial charge in [0.25, 0.3) is 17.6 Å². The van der Waals surface area contributed by atoms with Gasteiger partial charge in [-0.05, 0) is 43.7 Å². The molecule has 0 N–H and O–H groups in total. The van der Waals surface area contributed by atoms with Gasteiger partial charge in [0.2, 0.25) is 0 Å². The highest BCUT2D eigenvalue weighted by atomic mass is 16.5. The van der Waals surface area contributed by atoms with Gasteiger partial charge < -0.3 is 9.64 Å². The average Bonchev–Trinajstić information content (AvgIpc) is 3.09. The third kappa shape index (κ3) is 3.53. The van der Waals surface area contributed by atoms with Crippen molar-refractivity contribution in [1.29, 1.82) is 0 Å². The lowest BCUT2D eigenvalue weighted by atomic mass is 9.87. The molecule has 7 nitrogen and oxygen atoms in total. The Morgan fingerprint density at radius 3 is 2.33 bits per heavy atom. The van der Waals surface area contributed by atoms with Crippen LogP contribution < -0.4 is 9.64 Å². The number of ether oxygens (including phenoxy) is 1. The first kappa shape index (κ1) is 21.4. The van der Waals surface area contributed by atoms with E-state index < -0.39 is 17.2 Å². The lowest BCUT2D eigenvalue weighted by molar-refractivity contribution is -0.115. The SMILES string of the molecule is COc1cc2c3c(c1)C(CN1CCN(C(=O)c4ccccc4)CC1)=CC(C)(C)N3C(=O)C2=O. The zero-order chi connectivity index (χ0) is 23.3. The zero-order valence-electron chi connectivity index (χ0n) is 19.1. The summed E-state index contributed by atoms with van der Waals surface area (Å²) in [4.78, 5) is 44.1. The Labute approximate surface area is 193 Å². The van der Waals surface area contributed by atoms with E-state index in [1.807, 2.05) is 55.1 Å². The molecular formula is C26H27N3O4.